The van der Waals surface area contributed by atoms with Crippen molar-refractivity contribution in [2.45, 2.75) is 24.8 Å². The van der Waals surface area contributed by atoms with Crippen LogP contribution in [-0.4, -0.2) is 65.7 Å². The van der Waals surface area contributed by atoms with Crippen molar-refractivity contribution in [3.63, 3.8) is 0 Å². The van der Waals surface area contributed by atoms with Crippen LogP contribution in [0, 0.1) is 5.92 Å². The number of carboxylic acid groups (broad SMARTS) is 1. The first-order valence-corrected chi connectivity index (χ1v) is 12.3. The molecule has 2 aromatic rings. The Kier molecular flexibility index (Phi) is 7.23. The van der Waals surface area contributed by atoms with E-state index in [1.807, 2.05) is 48.2 Å². The van der Waals surface area contributed by atoms with Crippen LogP contribution < -0.4 is 5.32 Å². The number of carboxylic acids is 1. The van der Waals surface area contributed by atoms with Crippen molar-refractivity contribution in [2.75, 3.05) is 31.7 Å². The third kappa shape index (κ3) is 5.33. The van der Waals surface area contributed by atoms with Crippen LogP contribution in [0.1, 0.15) is 29.9 Å². The van der Waals surface area contributed by atoms with Crippen LogP contribution in [-0.2, 0) is 14.3 Å². The van der Waals surface area contributed by atoms with Gasteiger partial charge in [0, 0.05) is 19.5 Å². The topological polar surface area (TPSA) is 95.9 Å². The molecule has 33 heavy (non-hydrogen) atoms. The number of alkyl carbamates (subject to hydrolysis) is 1. The van der Waals surface area contributed by atoms with Gasteiger partial charge in [0.25, 0.3) is 0 Å². The zero-order valence-electron chi connectivity index (χ0n) is 18.5. The molecule has 2 atom stereocenters. The van der Waals surface area contributed by atoms with E-state index in [1.165, 1.54) is 4.90 Å². The Morgan fingerprint density at radius 2 is 1.76 bits per heavy atom. The number of rotatable bonds is 8. The molecule has 1 heterocycles. The number of amides is 2. The quantitative estimate of drug-likeness (QED) is 0.615. The van der Waals surface area contributed by atoms with Crippen molar-refractivity contribution in [1.82, 2.24) is 10.2 Å². The molecular formula is C25H28N2O5S. The van der Waals surface area contributed by atoms with Crippen LogP contribution in [0.25, 0.3) is 11.1 Å². The molecule has 7 nitrogen and oxygen atoms in total. The molecule has 0 bridgehead atoms. The fourth-order valence-electron chi connectivity index (χ4n) is 4.63. The van der Waals surface area contributed by atoms with Gasteiger partial charge in [0.1, 0.15) is 12.6 Å². The first kappa shape index (κ1) is 23.2. The van der Waals surface area contributed by atoms with Gasteiger partial charge in [0.15, 0.2) is 0 Å². The second-order valence-corrected chi connectivity index (χ2v) is 9.72. The summed E-state index contributed by atoms with van der Waals surface area (Å²) in [6.07, 6.45) is -0.250. The molecule has 1 saturated heterocycles. The van der Waals surface area contributed by atoms with E-state index in [-0.39, 0.29) is 12.5 Å². The zero-order chi connectivity index (χ0) is 23.4. The van der Waals surface area contributed by atoms with Gasteiger partial charge in [-0.3, -0.25) is 9.59 Å². The first-order valence-electron chi connectivity index (χ1n) is 11.1. The Morgan fingerprint density at radius 1 is 1.12 bits per heavy atom. The van der Waals surface area contributed by atoms with Crippen molar-refractivity contribution in [3.8, 4) is 11.1 Å². The number of benzene rings is 2. The van der Waals surface area contributed by atoms with Gasteiger partial charge in [-0.15, -0.1) is 0 Å². The summed E-state index contributed by atoms with van der Waals surface area (Å²) in [5.41, 5.74) is 4.40. The number of likely N-dealkylation sites (N-methyl/N-ethyl adjacent to an activating group) is 1. The Bertz CT molecular complexity index is 991. The zero-order valence-corrected chi connectivity index (χ0v) is 19.3. The average molecular weight is 469 g/mol. The third-order valence-corrected chi connectivity index (χ3v) is 7.48. The Hall–Kier alpha value is -3.00. The van der Waals surface area contributed by atoms with Crippen LogP contribution in [0.2, 0.25) is 0 Å². The lowest BCUT2D eigenvalue weighted by atomic mass is 9.98. The number of hydrogen-bond acceptors (Lipinski definition) is 5. The van der Waals surface area contributed by atoms with Gasteiger partial charge >= 0.3 is 12.1 Å². The lowest BCUT2D eigenvalue weighted by molar-refractivity contribution is -0.142. The summed E-state index contributed by atoms with van der Waals surface area (Å²) >= 11 is 1.85. The molecule has 2 N–H and O–H groups in total. The molecule has 2 unspecified atom stereocenters. The van der Waals surface area contributed by atoms with Gasteiger partial charge in [-0.25, -0.2) is 4.79 Å². The van der Waals surface area contributed by atoms with Crippen molar-refractivity contribution in [1.29, 1.82) is 0 Å². The predicted octanol–water partition coefficient (Wildman–Crippen LogP) is 3.58. The van der Waals surface area contributed by atoms with E-state index < -0.39 is 30.4 Å². The summed E-state index contributed by atoms with van der Waals surface area (Å²) in [7, 11) is 1.65. The number of fused-ring (bicyclic) bond motifs is 3. The Balaban J connectivity index is 1.39. The molecule has 2 aliphatic rings. The maximum absolute atomic E-state index is 12.9. The number of hydrogen-bond donors (Lipinski definition) is 2. The molecule has 8 heteroatoms. The second-order valence-electron chi connectivity index (χ2n) is 8.57. The van der Waals surface area contributed by atoms with Crippen LogP contribution >= 0.6 is 11.8 Å². The lowest BCUT2D eigenvalue weighted by Crippen LogP contribution is -2.49. The van der Waals surface area contributed by atoms with Crippen LogP contribution in [0.4, 0.5) is 4.79 Å². The van der Waals surface area contributed by atoms with E-state index in [4.69, 9.17) is 4.74 Å². The van der Waals surface area contributed by atoms with Gasteiger partial charge in [0.2, 0.25) is 5.91 Å². The van der Waals surface area contributed by atoms with E-state index in [2.05, 4.69) is 17.4 Å². The summed E-state index contributed by atoms with van der Waals surface area (Å²) in [6.45, 7) is 0.650. The summed E-state index contributed by atoms with van der Waals surface area (Å²) in [6, 6.07) is 14.8. The summed E-state index contributed by atoms with van der Waals surface area (Å²) in [5.74, 6) is 0.771. The highest BCUT2D eigenvalue weighted by molar-refractivity contribution is 7.99. The minimum Gasteiger partial charge on any atom is -0.481 e. The number of nitrogens with one attached hydrogen (secondary N) is 1. The van der Waals surface area contributed by atoms with Crippen molar-refractivity contribution >= 4 is 29.7 Å². The molecule has 1 fully saturated rings. The number of thioether (sulfide) groups is 1. The Morgan fingerprint density at radius 3 is 2.33 bits per heavy atom. The van der Waals surface area contributed by atoms with Gasteiger partial charge < -0.3 is 20.1 Å². The molecule has 0 radical (unpaired) electrons. The fourth-order valence-corrected chi connectivity index (χ4v) is 5.90. The molecule has 1 aliphatic heterocycles. The van der Waals surface area contributed by atoms with Crippen LogP contribution in [0.15, 0.2) is 48.5 Å². The fraction of sp³-hybridized carbons (Fsp3) is 0.400. The van der Waals surface area contributed by atoms with Crippen LogP contribution in [0.5, 0.6) is 0 Å². The minimum atomic E-state index is -1.17. The largest absolute Gasteiger partial charge is 0.481 e. The van der Waals surface area contributed by atoms with Gasteiger partial charge in [-0.2, -0.15) is 11.8 Å². The number of carbonyl (C=O) groups excluding carboxylic acids is 2. The molecule has 174 valence electrons. The maximum Gasteiger partial charge on any atom is 0.407 e. The van der Waals surface area contributed by atoms with Crippen molar-refractivity contribution in [3.05, 3.63) is 59.7 Å². The second kappa shape index (κ2) is 10.3. The highest BCUT2D eigenvalue weighted by Crippen LogP contribution is 2.44. The highest BCUT2D eigenvalue weighted by atomic mass is 32.2. The number of ether oxygens (including phenoxy) is 1. The minimum absolute atomic E-state index is 0.100. The monoisotopic (exact) mass is 468 g/mol. The molecule has 0 aromatic heterocycles. The average Bonchev–Trinajstić information content (AvgIpc) is 3.42. The predicted molar refractivity (Wildman–Crippen MR) is 127 cm³/mol. The van der Waals surface area contributed by atoms with E-state index >= 15 is 0 Å². The summed E-state index contributed by atoms with van der Waals surface area (Å²) in [4.78, 5) is 38.3. The van der Waals surface area contributed by atoms with E-state index in [0.717, 1.165) is 40.2 Å². The molecular weight excluding hydrogens is 440 g/mol. The number of carbonyl (C=O) groups is 3. The lowest BCUT2D eigenvalue weighted by Gasteiger charge is -2.26. The van der Waals surface area contributed by atoms with E-state index in [0.29, 0.717) is 12.5 Å². The molecule has 1 aliphatic carbocycles. The first-order chi connectivity index (χ1) is 15.9. The van der Waals surface area contributed by atoms with Crippen molar-refractivity contribution in [2.24, 2.45) is 5.92 Å². The van der Waals surface area contributed by atoms with Gasteiger partial charge in [0.05, 0.1) is 6.42 Å². The van der Waals surface area contributed by atoms with Gasteiger partial charge in [-0.1, -0.05) is 48.5 Å². The van der Waals surface area contributed by atoms with Gasteiger partial charge in [-0.05, 0) is 46.1 Å². The number of nitrogens with zero attached hydrogens (tertiary/aromatic N) is 1. The standard InChI is InChI=1S/C25H28N2O5S/c1-27(13-16-10-11-33-15-16)24(30)22(12-23(28)29)26-25(31)32-14-21-19-8-4-2-6-17(19)18-7-3-5-9-20(18)21/h2-9,16,21-22H,10-15H2,1H3,(H,26,31)(H,28,29). The smallest absolute Gasteiger partial charge is 0.407 e. The molecule has 2 aromatic carbocycles. The molecule has 4 rings (SSSR count). The van der Waals surface area contributed by atoms with E-state index in [1.54, 1.807) is 7.05 Å². The number of aliphatic carboxylic acids is 1. The Labute approximate surface area is 197 Å². The third-order valence-electron chi connectivity index (χ3n) is 6.24. The summed E-state index contributed by atoms with van der Waals surface area (Å²) < 4.78 is 5.50. The van der Waals surface area contributed by atoms with Crippen LogP contribution in [0.3, 0.4) is 0 Å². The normalized spacial score (nSPS) is 17.7. The molecule has 0 spiro atoms. The van der Waals surface area contributed by atoms with Crippen molar-refractivity contribution < 1.29 is 24.2 Å². The molecule has 2 amide bonds. The highest BCUT2D eigenvalue weighted by Gasteiger charge is 2.31. The summed E-state index contributed by atoms with van der Waals surface area (Å²) in [5, 5.41) is 11.8. The molecule has 0 saturated carbocycles. The SMILES string of the molecule is CN(CC1CCSC1)C(=O)C(CC(=O)O)NC(=O)OCC1c2ccccc2-c2ccccc21. The van der Waals surface area contributed by atoms with E-state index in [9.17, 15) is 19.5 Å². The maximum atomic E-state index is 12.9.